The molecule has 1 aromatic rings. The van der Waals surface area contributed by atoms with Gasteiger partial charge in [0.25, 0.3) is 5.91 Å². The second-order valence-corrected chi connectivity index (χ2v) is 5.53. The van der Waals surface area contributed by atoms with Crippen LogP contribution in [0.15, 0.2) is 24.4 Å². The minimum absolute atomic E-state index is 0.178. The Morgan fingerprint density at radius 1 is 1.43 bits per heavy atom. The van der Waals surface area contributed by atoms with E-state index in [-0.39, 0.29) is 5.91 Å². The predicted octanol–water partition coefficient (Wildman–Crippen LogP) is 2.35. The summed E-state index contributed by atoms with van der Waals surface area (Å²) in [5.74, 6) is 0.0406. The highest BCUT2D eigenvalue weighted by atomic mass is 16.4. The molecule has 2 unspecified atom stereocenters. The number of hydrogen-bond donors (Lipinski definition) is 2. The molecule has 2 N–H and O–H groups in total. The van der Waals surface area contributed by atoms with E-state index in [0.29, 0.717) is 29.6 Å². The second kappa shape index (κ2) is 7.02. The molecule has 2 atom stereocenters. The average molecular weight is 288 g/mol. The highest BCUT2D eigenvalue weighted by Gasteiger charge is 2.23. The van der Waals surface area contributed by atoms with E-state index in [9.17, 15) is 9.59 Å². The lowest BCUT2D eigenvalue weighted by atomic mass is 9.98. The van der Waals surface area contributed by atoms with Gasteiger partial charge in [-0.1, -0.05) is 25.8 Å². The zero-order valence-electron chi connectivity index (χ0n) is 12.1. The Bertz CT molecular complexity index is 537. The molecule has 1 aromatic heterocycles. The zero-order valence-corrected chi connectivity index (χ0v) is 12.1. The first-order valence-corrected chi connectivity index (χ1v) is 7.21. The molecule has 0 bridgehead atoms. The fourth-order valence-corrected chi connectivity index (χ4v) is 2.65. The van der Waals surface area contributed by atoms with Crippen LogP contribution in [0.3, 0.4) is 0 Å². The van der Waals surface area contributed by atoms with Gasteiger partial charge >= 0.3 is 5.97 Å². The van der Waals surface area contributed by atoms with Gasteiger partial charge in [-0.2, -0.15) is 0 Å². The monoisotopic (exact) mass is 288 g/mol. The van der Waals surface area contributed by atoms with Crippen LogP contribution in [0.1, 0.15) is 42.2 Å². The molecule has 1 heterocycles. The van der Waals surface area contributed by atoms with Gasteiger partial charge in [-0.15, -0.1) is 0 Å². The van der Waals surface area contributed by atoms with Crippen molar-refractivity contribution in [2.75, 3.05) is 6.54 Å². The van der Waals surface area contributed by atoms with Gasteiger partial charge in [-0.05, 0) is 36.0 Å². The first kappa shape index (κ1) is 15.2. The number of amides is 1. The normalized spacial score (nSPS) is 21.6. The third-order valence-electron chi connectivity index (χ3n) is 4.00. The molecule has 0 aromatic carbocycles. The summed E-state index contributed by atoms with van der Waals surface area (Å²) >= 11 is 0. The van der Waals surface area contributed by atoms with Crippen LogP contribution in [0.4, 0.5) is 0 Å². The summed E-state index contributed by atoms with van der Waals surface area (Å²) in [6, 6.07) is 3.29. The summed E-state index contributed by atoms with van der Waals surface area (Å²) in [7, 11) is 0. The molecule has 2 rings (SSSR count). The fourth-order valence-electron chi connectivity index (χ4n) is 2.65. The maximum Gasteiger partial charge on any atom is 0.328 e. The third kappa shape index (κ3) is 4.41. The number of pyridine rings is 1. The number of carboxylic acid groups (broad SMARTS) is 1. The SMILES string of the molecule is CC1CCCC1CNC(=O)c1ccc(/C=C/C(=O)O)cn1. The molecule has 0 radical (unpaired) electrons. The van der Waals surface area contributed by atoms with E-state index in [4.69, 9.17) is 5.11 Å². The molecule has 1 aliphatic rings. The first-order valence-electron chi connectivity index (χ1n) is 7.21. The number of carboxylic acids is 1. The minimum Gasteiger partial charge on any atom is -0.478 e. The molecule has 1 aliphatic carbocycles. The van der Waals surface area contributed by atoms with Crippen molar-refractivity contribution >= 4 is 18.0 Å². The van der Waals surface area contributed by atoms with E-state index in [1.165, 1.54) is 31.5 Å². The van der Waals surface area contributed by atoms with Gasteiger partial charge in [-0.3, -0.25) is 9.78 Å². The number of nitrogens with one attached hydrogen (secondary N) is 1. The predicted molar refractivity (Wildman–Crippen MR) is 79.7 cm³/mol. The van der Waals surface area contributed by atoms with E-state index in [1.807, 2.05) is 0 Å². The maximum atomic E-state index is 12.0. The smallest absolute Gasteiger partial charge is 0.328 e. The molecule has 21 heavy (non-hydrogen) atoms. The highest BCUT2D eigenvalue weighted by Crippen LogP contribution is 2.30. The Morgan fingerprint density at radius 3 is 2.81 bits per heavy atom. The molecule has 0 aliphatic heterocycles. The standard InChI is InChI=1S/C16H20N2O3/c1-11-3-2-4-13(11)10-18-16(21)14-7-5-12(9-17-14)6-8-15(19)20/h5-9,11,13H,2-4,10H2,1H3,(H,18,21)(H,19,20)/b8-6+. The van der Waals surface area contributed by atoms with Crippen molar-refractivity contribution < 1.29 is 14.7 Å². The van der Waals surface area contributed by atoms with Crippen LogP contribution in [0.5, 0.6) is 0 Å². The number of hydrogen-bond acceptors (Lipinski definition) is 3. The van der Waals surface area contributed by atoms with Crippen molar-refractivity contribution in [3.8, 4) is 0 Å². The van der Waals surface area contributed by atoms with E-state index >= 15 is 0 Å². The highest BCUT2D eigenvalue weighted by molar-refractivity contribution is 5.92. The van der Waals surface area contributed by atoms with Crippen molar-refractivity contribution in [1.29, 1.82) is 0 Å². The molecular weight excluding hydrogens is 268 g/mol. The maximum absolute atomic E-state index is 12.0. The minimum atomic E-state index is -1.01. The van der Waals surface area contributed by atoms with Crippen LogP contribution in [-0.2, 0) is 4.79 Å². The van der Waals surface area contributed by atoms with Crippen LogP contribution in [0, 0.1) is 11.8 Å². The first-order chi connectivity index (χ1) is 10.1. The molecule has 1 amide bonds. The summed E-state index contributed by atoms with van der Waals surface area (Å²) in [5, 5.41) is 11.5. The van der Waals surface area contributed by atoms with Gasteiger partial charge in [0, 0.05) is 18.8 Å². The third-order valence-corrected chi connectivity index (χ3v) is 4.00. The molecule has 5 nitrogen and oxygen atoms in total. The van der Waals surface area contributed by atoms with Crippen LogP contribution in [-0.4, -0.2) is 28.5 Å². The van der Waals surface area contributed by atoms with Crippen molar-refractivity contribution in [2.45, 2.75) is 26.2 Å². The topological polar surface area (TPSA) is 79.3 Å². The molecule has 5 heteroatoms. The van der Waals surface area contributed by atoms with Gasteiger partial charge in [0.1, 0.15) is 5.69 Å². The van der Waals surface area contributed by atoms with E-state index in [0.717, 1.165) is 6.08 Å². The Labute approximate surface area is 124 Å². The Hall–Kier alpha value is -2.17. The number of aliphatic carboxylic acids is 1. The Balaban J connectivity index is 1.89. The second-order valence-electron chi connectivity index (χ2n) is 5.53. The summed E-state index contributed by atoms with van der Waals surface area (Å²) in [6.45, 7) is 2.92. The number of carbonyl (C=O) groups excluding carboxylic acids is 1. The zero-order chi connectivity index (χ0) is 15.2. The lowest BCUT2D eigenvalue weighted by molar-refractivity contribution is -0.131. The molecule has 112 valence electrons. The summed E-state index contributed by atoms with van der Waals surface area (Å²) in [6.07, 6.45) is 7.63. The van der Waals surface area contributed by atoms with Crippen molar-refractivity contribution in [1.82, 2.24) is 10.3 Å². The number of aromatic nitrogens is 1. The van der Waals surface area contributed by atoms with Crippen LogP contribution in [0.2, 0.25) is 0 Å². The number of rotatable bonds is 5. The summed E-state index contributed by atoms with van der Waals surface area (Å²) in [5.41, 5.74) is 1.01. The van der Waals surface area contributed by atoms with Crippen LogP contribution < -0.4 is 5.32 Å². The lowest BCUT2D eigenvalue weighted by Crippen LogP contribution is -2.30. The van der Waals surface area contributed by atoms with Crippen molar-refractivity contribution in [3.63, 3.8) is 0 Å². The number of carbonyl (C=O) groups is 2. The number of nitrogens with zero attached hydrogens (tertiary/aromatic N) is 1. The molecule has 1 saturated carbocycles. The van der Waals surface area contributed by atoms with Gasteiger partial charge in [0.15, 0.2) is 0 Å². The van der Waals surface area contributed by atoms with E-state index in [2.05, 4.69) is 17.2 Å². The van der Waals surface area contributed by atoms with Crippen molar-refractivity contribution in [3.05, 3.63) is 35.7 Å². The van der Waals surface area contributed by atoms with Crippen molar-refractivity contribution in [2.24, 2.45) is 11.8 Å². The average Bonchev–Trinajstić information content (AvgIpc) is 2.88. The molecule has 0 spiro atoms. The van der Waals surface area contributed by atoms with Gasteiger partial charge in [0.2, 0.25) is 0 Å². The molecule has 1 fully saturated rings. The quantitative estimate of drug-likeness (QED) is 0.815. The Kier molecular flexibility index (Phi) is 5.09. The van der Waals surface area contributed by atoms with Gasteiger partial charge < -0.3 is 10.4 Å². The van der Waals surface area contributed by atoms with Crippen LogP contribution >= 0.6 is 0 Å². The lowest BCUT2D eigenvalue weighted by Gasteiger charge is -2.15. The van der Waals surface area contributed by atoms with Gasteiger partial charge in [0.05, 0.1) is 0 Å². The van der Waals surface area contributed by atoms with E-state index < -0.39 is 5.97 Å². The summed E-state index contributed by atoms with van der Waals surface area (Å²) < 4.78 is 0. The largest absolute Gasteiger partial charge is 0.478 e. The Morgan fingerprint density at radius 2 is 2.24 bits per heavy atom. The molecule has 0 saturated heterocycles. The molecular formula is C16H20N2O3. The summed E-state index contributed by atoms with van der Waals surface area (Å²) in [4.78, 5) is 26.5. The fraction of sp³-hybridized carbons (Fsp3) is 0.438. The van der Waals surface area contributed by atoms with Crippen LogP contribution in [0.25, 0.3) is 6.08 Å². The van der Waals surface area contributed by atoms with E-state index in [1.54, 1.807) is 12.1 Å². The van der Waals surface area contributed by atoms with Gasteiger partial charge in [-0.25, -0.2) is 4.79 Å².